The number of rotatable bonds is 2. The van der Waals surface area contributed by atoms with Crippen molar-refractivity contribution in [2.75, 3.05) is 24.2 Å². The van der Waals surface area contributed by atoms with E-state index >= 15 is 0 Å². The molecule has 29 heavy (non-hydrogen) atoms. The smallest absolute Gasteiger partial charge is 0.379 e. The van der Waals surface area contributed by atoms with Gasteiger partial charge in [-0.2, -0.15) is 0 Å². The highest BCUT2D eigenvalue weighted by molar-refractivity contribution is 6.12. The van der Waals surface area contributed by atoms with E-state index in [0.29, 0.717) is 5.39 Å². The van der Waals surface area contributed by atoms with Crippen LogP contribution in [0.5, 0.6) is 5.75 Å². The van der Waals surface area contributed by atoms with Crippen LogP contribution >= 0.6 is 0 Å². The molecule has 1 aromatic carbocycles. The summed E-state index contributed by atoms with van der Waals surface area (Å²) in [6.07, 6.45) is 1.41. The van der Waals surface area contributed by atoms with E-state index in [0.717, 1.165) is 0 Å². The molecule has 1 spiro atoms. The first-order chi connectivity index (χ1) is 13.4. The third kappa shape index (κ3) is 2.13. The number of hydrogen-bond acceptors (Lipinski definition) is 13. The third-order valence-corrected chi connectivity index (χ3v) is 5.10. The molecule has 13 nitrogen and oxygen atoms in total. The van der Waals surface area contributed by atoms with Crippen LogP contribution in [0, 0.1) is 0 Å². The van der Waals surface area contributed by atoms with E-state index in [9.17, 15) is 0 Å². The Bertz CT molecular complexity index is 1110. The average molecular weight is 405 g/mol. The van der Waals surface area contributed by atoms with Crippen LogP contribution < -0.4 is 55.9 Å². The Morgan fingerprint density at radius 3 is 2.17 bits per heavy atom. The number of hydrogen-bond donors (Lipinski definition) is 9. The minimum absolute atomic E-state index is 0.00866. The van der Waals surface area contributed by atoms with Crippen molar-refractivity contribution in [3.05, 3.63) is 23.6 Å². The topological polar surface area (TPSA) is 261 Å². The predicted molar refractivity (Wildman–Crippen MR) is 107 cm³/mol. The van der Waals surface area contributed by atoms with Crippen LogP contribution in [-0.4, -0.2) is 24.7 Å². The van der Waals surface area contributed by atoms with Crippen molar-refractivity contribution in [2.24, 2.45) is 28.7 Å². The standard InChI is InChI=1S/C16H23N9O4/c1-3-4-7(17)5-8(18)9(19)6-10(20)13(21)14(27-12(6)11(5)26-4)28-15(22,23)16(24,25-2)29-14/h3,25H,1,17-24H2,2H3. The van der Waals surface area contributed by atoms with Gasteiger partial charge in [0.05, 0.1) is 33.7 Å². The van der Waals surface area contributed by atoms with E-state index in [-0.39, 0.29) is 51.1 Å². The molecule has 17 N–H and O–H groups in total. The van der Waals surface area contributed by atoms with Crippen LogP contribution in [0.1, 0.15) is 11.3 Å². The summed E-state index contributed by atoms with van der Waals surface area (Å²) in [6.45, 7) is 3.65. The van der Waals surface area contributed by atoms with E-state index in [1.54, 1.807) is 0 Å². The zero-order valence-corrected chi connectivity index (χ0v) is 15.5. The summed E-state index contributed by atoms with van der Waals surface area (Å²) in [7, 11) is 1.46. The number of fused-ring (bicyclic) bond motifs is 3. The Kier molecular flexibility index (Phi) is 3.59. The van der Waals surface area contributed by atoms with Gasteiger partial charge in [-0.3, -0.25) is 32.0 Å². The second-order valence-electron chi connectivity index (χ2n) is 6.79. The van der Waals surface area contributed by atoms with Gasteiger partial charge in [-0.05, 0) is 13.1 Å². The monoisotopic (exact) mass is 405 g/mol. The molecule has 0 radical (unpaired) electrons. The molecule has 13 heteroatoms. The number of benzene rings is 1. The van der Waals surface area contributed by atoms with Gasteiger partial charge in [0.1, 0.15) is 5.70 Å². The van der Waals surface area contributed by atoms with Crippen LogP contribution in [0.3, 0.4) is 0 Å². The van der Waals surface area contributed by atoms with Crippen LogP contribution in [0.4, 0.5) is 17.1 Å². The number of nitrogens with two attached hydrogens (primary N) is 8. The lowest BCUT2D eigenvalue weighted by Gasteiger charge is -2.35. The molecule has 2 aliphatic rings. The van der Waals surface area contributed by atoms with Gasteiger partial charge in [-0.1, -0.05) is 6.58 Å². The summed E-state index contributed by atoms with van der Waals surface area (Å²) in [5.41, 5.74) is 49.3. The summed E-state index contributed by atoms with van der Waals surface area (Å²) < 4.78 is 23.0. The number of nitrogen functional groups attached to an aromatic ring is 3. The fourth-order valence-corrected chi connectivity index (χ4v) is 3.41. The van der Waals surface area contributed by atoms with Gasteiger partial charge in [0.2, 0.25) is 11.7 Å². The highest BCUT2D eigenvalue weighted by Crippen LogP contribution is 2.53. The van der Waals surface area contributed by atoms with Crippen LogP contribution in [-0.2, 0) is 9.47 Å². The fraction of sp³-hybridized carbons (Fsp3) is 0.250. The first kappa shape index (κ1) is 19.1. The second-order valence-corrected chi connectivity index (χ2v) is 6.79. The molecule has 2 aromatic rings. The van der Waals surface area contributed by atoms with E-state index < -0.39 is 17.7 Å². The summed E-state index contributed by atoms with van der Waals surface area (Å²) in [5, 5.41) is 2.92. The maximum Gasteiger partial charge on any atom is 0.379 e. The SMILES string of the molecule is C=Cc1oc2c3c(c(N)c(N)c2c1N)C(N)=C(N)C1(O3)OC(N)(N)C(N)(NC)O1. The van der Waals surface area contributed by atoms with Crippen molar-refractivity contribution < 1.29 is 18.6 Å². The van der Waals surface area contributed by atoms with Gasteiger partial charge >= 0.3 is 5.97 Å². The summed E-state index contributed by atoms with van der Waals surface area (Å²) in [4.78, 5) is 0. The van der Waals surface area contributed by atoms with E-state index in [1.165, 1.54) is 13.1 Å². The molecule has 1 saturated heterocycles. The summed E-state index contributed by atoms with van der Waals surface area (Å²) >= 11 is 0. The van der Waals surface area contributed by atoms with Crippen molar-refractivity contribution in [3.8, 4) is 5.75 Å². The molecule has 2 unspecified atom stereocenters. The van der Waals surface area contributed by atoms with E-state index in [1.807, 2.05) is 0 Å². The molecule has 0 bridgehead atoms. The maximum absolute atomic E-state index is 6.24. The number of ether oxygens (including phenoxy) is 3. The second kappa shape index (κ2) is 5.44. The summed E-state index contributed by atoms with van der Waals surface area (Å²) in [5.74, 6) is -5.86. The van der Waals surface area contributed by atoms with Crippen molar-refractivity contribution in [1.29, 1.82) is 0 Å². The predicted octanol–water partition coefficient (Wildman–Crippen LogP) is -2.10. The molecule has 3 heterocycles. The fourth-order valence-electron chi connectivity index (χ4n) is 3.41. The Morgan fingerprint density at radius 2 is 1.62 bits per heavy atom. The number of furan rings is 1. The first-order valence-corrected chi connectivity index (χ1v) is 8.39. The zero-order valence-electron chi connectivity index (χ0n) is 15.5. The van der Waals surface area contributed by atoms with E-state index in [4.69, 9.17) is 64.5 Å². The average Bonchev–Trinajstić information content (AvgIpc) is 3.09. The lowest BCUT2D eigenvalue weighted by molar-refractivity contribution is -0.288. The Labute approximate surface area is 164 Å². The van der Waals surface area contributed by atoms with Crippen molar-refractivity contribution in [2.45, 2.75) is 17.7 Å². The molecular weight excluding hydrogens is 382 g/mol. The molecule has 156 valence electrons. The lowest BCUT2D eigenvalue weighted by Crippen LogP contribution is -2.75. The Morgan fingerprint density at radius 1 is 0.966 bits per heavy atom. The Balaban J connectivity index is 2.04. The van der Waals surface area contributed by atoms with Crippen LogP contribution in [0.2, 0.25) is 0 Å². The molecule has 1 fully saturated rings. The van der Waals surface area contributed by atoms with E-state index in [2.05, 4.69) is 11.9 Å². The minimum Gasteiger partial charge on any atom is -0.450 e. The molecular formula is C16H23N9O4. The quantitative estimate of drug-likeness (QED) is 0.147. The highest BCUT2D eigenvalue weighted by Gasteiger charge is 2.67. The largest absolute Gasteiger partial charge is 0.450 e. The van der Waals surface area contributed by atoms with Gasteiger partial charge in [0.25, 0.3) is 0 Å². The molecule has 0 amide bonds. The Hall–Kier alpha value is -3.20. The van der Waals surface area contributed by atoms with Crippen LogP contribution in [0.25, 0.3) is 22.7 Å². The normalized spacial score (nSPS) is 28.0. The molecule has 2 aliphatic heterocycles. The van der Waals surface area contributed by atoms with Gasteiger partial charge in [-0.25, -0.2) is 0 Å². The molecule has 4 rings (SSSR count). The third-order valence-electron chi connectivity index (χ3n) is 5.10. The van der Waals surface area contributed by atoms with Gasteiger partial charge in [-0.15, -0.1) is 0 Å². The first-order valence-electron chi connectivity index (χ1n) is 8.39. The van der Waals surface area contributed by atoms with Crippen molar-refractivity contribution in [3.63, 3.8) is 0 Å². The van der Waals surface area contributed by atoms with Gasteiger partial charge < -0.3 is 37.8 Å². The molecule has 1 aromatic heterocycles. The van der Waals surface area contributed by atoms with Gasteiger partial charge in [0.15, 0.2) is 17.1 Å². The summed E-state index contributed by atoms with van der Waals surface area (Å²) in [6, 6.07) is 0. The number of nitrogens with one attached hydrogen (secondary N) is 1. The van der Waals surface area contributed by atoms with Crippen molar-refractivity contribution in [1.82, 2.24) is 5.32 Å². The number of anilines is 3. The highest BCUT2D eigenvalue weighted by atomic mass is 16.9. The van der Waals surface area contributed by atoms with Gasteiger partial charge in [0, 0.05) is 0 Å². The molecule has 0 aliphatic carbocycles. The minimum atomic E-state index is -2.18. The molecule has 0 saturated carbocycles. The zero-order chi connectivity index (χ0) is 21.5. The van der Waals surface area contributed by atoms with Crippen LogP contribution in [0.15, 0.2) is 16.7 Å². The number of likely N-dealkylation sites (N-methyl/N-ethyl adjacent to an activating group) is 1. The maximum atomic E-state index is 6.24. The van der Waals surface area contributed by atoms with Crippen molar-refractivity contribution >= 4 is 39.8 Å². The lowest BCUT2D eigenvalue weighted by atomic mass is 9.99. The molecule has 2 atom stereocenters.